The first-order chi connectivity index (χ1) is 9.37. The van der Waals surface area contributed by atoms with Crippen LogP contribution in [-0.4, -0.2) is 18.6 Å². The van der Waals surface area contributed by atoms with E-state index < -0.39 is 12.5 Å². The highest BCUT2D eigenvalue weighted by atomic mass is 19.4. The van der Waals surface area contributed by atoms with Crippen molar-refractivity contribution in [2.24, 2.45) is 11.5 Å². The molecule has 1 atom stereocenters. The summed E-state index contributed by atoms with van der Waals surface area (Å²) in [6.45, 7) is 0. The van der Waals surface area contributed by atoms with Gasteiger partial charge in [-0.1, -0.05) is 24.3 Å². The molecule has 0 bridgehead atoms. The van der Waals surface area contributed by atoms with Crippen LogP contribution in [0.4, 0.5) is 13.2 Å². The summed E-state index contributed by atoms with van der Waals surface area (Å²) in [5, 5.41) is 2.92. The van der Waals surface area contributed by atoms with Crippen LogP contribution in [0.25, 0.3) is 5.57 Å². The number of alkyl halides is 3. The Labute approximate surface area is 113 Å². The van der Waals surface area contributed by atoms with E-state index in [9.17, 15) is 13.2 Å². The maximum atomic E-state index is 12.4. The lowest BCUT2D eigenvalue weighted by Crippen LogP contribution is -2.48. The Kier molecular flexibility index (Phi) is 4.01. The lowest BCUT2D eigenvalue weighted by molar-refractivity contribution is -0.274. The van der Waals surface area contributed by atoms with Crippen LogP contribution in [0.2, 0.25) is 0 Å². The zero-order chi connectivity index (χ0) is 14.8. The SMILES string of the molecule is NC(N)C1C=C(c2ccccc2OC(F)(F)F)C=CN1. The average Bonchev–Trinajstić information content (AvgIpc) is 2.37. The van der Waals surface area contributed by atoms with E-state index in [-0.39, 0.29) is 11.8 Å². The van der Waals surface area contributed by atoms with Crippen LogP contribution >= 0.6 is 0 Å². The second kappa shape index (κ2) is 5.56. The van der Waals surface area contributed by atoms with E-state index in [4.69, 9.17) is 11.5 Å². The second-order valence-electron chi connectivity index (χ2n) is 4.27. The molecule has 0 aliphatic carbocycles. The topological polar surface area (TPSA) is 73.3 Å². The number of dihydropyridines is 1. The molecule has 2 rings (SSSR count). The fourth-order valence-electron chi connectivity index (χ4n) is 1.87. The number of rotatable bonds is 3. The number of benzene rings is 1. The van der Waals surface area contributed by atoms with Crippen molar-refractivity contribution in [2.75, 3.05) is 0 Å². The lowest BCUT2D eigenvalue weighted by atomic mass is 9.99. The van der Waals surface area contributed by atoms with Gasteiger partial charge in [-0.2, -0.15) is 0 Å². The van der Waals surface area contributed by atoms with E-state index in [1.807, 2.05) is 0 Å². The van der Waals surface area contributed by atoms with Crippen LogP contribution in [0, 0.1) is 0 Å². The zero-order valence-corrected chi connectivity index (χ0v) is 10.4. The maximum Gasteiger partial charge on any atom is 0.573 e. The molecule has 0 spiro atoms. The Bertz CT molecular complexity index is 538. The molecule has 0 amide bonds. The quantitative estimate of drug-likeness (QED) is 0.739. The number of nitrogens with one attached hydrogen (secondary N) is 1. The number of hydrogen-bond donors (Lipinski definition) is 3. The van der Waals surface area contributed by atoms with Gasteiger partial charge in [0.15, 0.2) is 0 Å². The summed E-state index contributed by atoms with van der Waals surface area (Å²) >= 11 is 0. The average molecular weight is 285 g/mol. The molecule has 4 nitrogen and oxygen atoms in total. The van der Waals surface area contributed by atoms with Gasteiger partial charge < -0.3 is 21.5 Å². The molecule has 0 saturated heterocycles. The van der Waals surface area contributed by atoms with Gasteiger partial charge in [0, 0.05) is 5.56 Å². The van der Waals surface area contributed by atoms with Crippen molar-refractivity contribution in [3.05, 3.63) is 48.2 Å². The van der Waals surface area contributed by atoms with Crippen LogP contribution in [0.5, 0.6) is 5.75 Å². The van der Waals surface area contributed by atoms with Gasteiger partial charge in [0.05, 0.1) is 12.2 Å². The zero-order valence-electron chi connectivity index (χ0n) is 10.4. The highest BCUT2D eigenvalue weighted by Gasteiger charge is 2.32. The van der Waals surface area contributed by atoms with Crippen molar-refractivity contribution >= 4 is 5.57 Å². The highest BCUT2D eigenvalue weighted by Crippen LogP contribution is 2.32. The lowest BCUT2D eigenvalue weighted by Gasteiger charge is -2.23. The van der Waals surface area contributed by atoms with Gasteiger partial charge in [-0.05, 0) is 23.9 Å². The molecule has 0 saturated carbocycles. The van der Waals surface area contributed by atoms with Crippen LogP contribution < -0.4 is 21.5 Å². The molecule has 1 aliphatic rings. The Morgan fingerprint density at radius 3 is 2.55 bits per heavy atom. The van der Waals surface area contributed by atoms with Crippen molar-refractivity contribution in [3.8, 4) is 5.75 Å². The largest absolute Gasteiger partial charge is 0.573 e. The number of para-hydroxylation sites is 1. The smallest absolute Gasteiger partial charge is 0.405 e. The Hall–Kier alpha value is -1.99. The normalized spacial score (nSPS) is 18.7. The first-order valence-electron chi connectivity index (χ1n) is 5.87. The summed E-state index contributed by atoms with van der Waals surface area (Å²) in [5.74, 6) is -0.262. The molecule has 1 unspecified atom stereocenters. The molecular weight excluding hydrogens is 271 g/mol. The standard InChI is InChI=1S/C13H14F3N3O/c14-13(15,16)20-11-4-2-1-3-9(11)8-5-6-19-10(7-8)12(17)18/h1-7,10,12,19H,17-18H2. The molecule has 1 aromatic rings. The molecule has 108 valence electrons. The Morgan fingerprint density at radius 2 is 1.90 bits per heavy atom. The minimum absolute atomic E-state index is 0.262. The summed E-state index contributed by atoms with van der Waals surface area (Å²) in [6, 6.07) is 5.56. The summed E-state index contributed by atoms with van der Waals surface area (Å²) in [4.78, 5) is 0. The molecule has 0 fully saturated rings. The van der Waals surface area contributed by atoms with E-state index in [1.165, 1.54) is 12.1 Å². The predicted octanol–water partition coefficient (Wildman–Crippen LogP) is 1.70. The maximum absolute atomic E-state index is 12.4. The molecule has 5 N–H and O–H groups in total. The minimum Gasteiger partial charge on any atom is -0.405 e. The van der Waals surface area contributed by atoms with Crippen molar-refractivity contribution in [1.29, 1.82) is 0 Å². The van der Waals surface area contributed by atoms with Gasteiger partial charge in [0.1, 0.15) is 5.75 Å². The summed E-state index contributed by atoms with van der Waals surface area (Å²) in [6.07, 6.45) is -0.500. The number of nitrogens with two attached hydrogens (primary N) is 2. The van der Waals surface area contributed by atoms with Gasteiger partial charge in [0.2, 0.25) is 0 Å². The minimum atomic E-state index is -4.74. The molecule has 0 aromatic heterocycles. The molecule has 1 heterocycles. The first kappa shape index (κ1) is 14.4. The van der Waals surface area contributed by atoms with Gasteiger partial charge in [-0.25, -0.2) is 0 Å². The van der Waals surface area contributed by atoms with Gasteiger partial charge >= 0.3 is 6.36 Å². The Balaban J connectivity index is 2.35. The van der Waals surface area contributed by atoms with Crippen molar-refractivity contribution in [1.82, 2.24) is 5.32 Å². The number of allylic oxidation sites excluding steroid dienone is 2. The summed E-state index contributed by atoms with van der Waals surface area (Å²) in [5.41, 5.74) is 12.0. The van der Waals surface area contributed by atoms with E-state index >= 15 is 0 Å². The van der Waals surface area contributed by atoms with Crippen LogP contribution in [0.3, 0.4) is 0 Å². The fourth-order valence-corrected chi connectivity index (χ4v) is 1.87. The third-order valence-electron chi connectivity index (χ3n) is 2.75. The van der Waals surface area contributed by atoms with Crippen molar-refractivity contribution in [2.45, 2.75) is 18.6 Å². The first-order valence-corrected chi connectivity index (χ1v) is 5.87. The number of ether oxygens (including phenoxy) is 1. The Morgan fingerprint density at radius 1 is 1.20 bits per heavy atom. The molecule has 7 heteroatoms. The van der Waals surface area contributed by atoms with Gasteiger partial charge in [0.25, 0.3) is 0 Å². The van der Waals surface area contributed by atoms with Crippen LogP contribution in [-0.2, 0) is 0 Å². The van der Waals surface area contributed by atoms with Crippen molar-refractivity contribution in [3.63, 3.8) is 0 Å². The predicted molar refractivity (Wildman–Crippen MR) is 69.3 cm³/mol. The van der Waals surface area contributed by atoms with Gasteiger partial charge in [-0.15, -0.1) is 13.2 Å². The molecule has 1 aliphatic heterocycles. The third-order valence-corrected chi connectivity index (χ3v) is 2.75. The number of hydrogen-bond acceptors (Lipinski definition) is 4. The third kappa shape index (κ3) is 3.52. The van der Waals surface area contributed by atoms with Gasteiger partial charge in [-0.3, -0.25) is 0 Å². The van der Waals surface area contributed by atoms with E-state index in [2.05, 4.69) is 10.1 Å². The molecular formula is C13H14F3N3O. The number of halogens is 3. The molecule has 0 radical (unpaired) electrons. The summed E-state index contributed by atoms with van der Waals surface area (Å²) < 4.78 is 41.2. The van der Waals surface area contributed by atoms with Crippen LogP contribution in [0.1, 0.15) is 5.56 Å². The fraction of sp³-hybridized carbons (Fsp3) is 0.231. The van der Waals surface area contributed by atoms with Crippen LogP contribution in [0.15, 0.2) is 42.6 Å². The van der Waals surface area contributed by atoms with E-state index in [1.54, 1.807) is 30.5 Å². The molecule has 20 heavy (non-hydrogen) atoms. The van der Waals surface area contributed by atoms with Crippen molar-refractivity contribution < 1.29 is 17.9 Å². The summed E-state index contributed by atoms with van der Waals surface area (Å²) in [7, 11) is 0. The monoisotopic (exact) mass is 285 g/mol. The highest BCUT2D eigenvalue weighted by molar-refractivity contribution is 5.79. The van der Waals surface area contributed by atoms with E-state index in [0.29, 0.717) is 11.1 Å². The van der Waals surface area contributed by atoms with E-state index in [0.717, 1.165) is 0 Å². The second-order valence-corrected chi connectivity index (χ2v) is 4.27. The molecule has 1 aromatic carbocycles.